The highest BCUT2D eigenvalue weighted by molar-refractivity contribution is 7.88. The summed E-state index contributed by atoms with van der Waals surface area (Å²) >= 11 is 0. The summed E-state index contributed by atoms with van der Waals surface area (Å²) in [6, 6.07) is 0.000633. The highest BCUT2D eigenvalue weighted by atomic mass is 32.2. The first-order valence-electron chi connectivity index (χ1n) is 5.53. The molecule has 7 heteroatoms. The van der Waals surface area contributed by atoms with Gasteiger partial charge in [0.25, 0.3) is 0 Å². The number of carbonyl (C=O) groups is 1. The zero-order valence-electron chi connectivity index (χ0n) is 10.8. The van der Waals surface area contributed by atoms with Crippen LogP contribution in [0.1, 0.15) is 20.3 Å². The third kappa shape index (κ3) is 8.12. The predicted octanol–water partition coefficient (Wildman–Crippen LogP) is -0.287. The standard InChI is InChI=1S/C10H22N2O4S/c1-8(10(13)16-3)9(2)11-6-5-7-12-17(4,14)15/h8-9,11-12H,5-7H2,1-4H3. The van der Waals surface area contributed by atoms with Crippen LogP contribution in [0.5, 0.6) is 0 Å². The molecule has 0 aliphatic carbocycles. The van der Waals surface area contributed by atoms with Gasteiger partial charge in [-0.1, -0.05) is 6.92 Å². The van der Waals surface area contributed by atoms with E-state index in [1.54, 1.807) is 6.92 Å². The number of nitrogens with one attached hydrogen (secondary N) is 2. The van der Waals surface area contributed by atoms with Gasteiger partial charge < -0.3 is 10.1 Å². The van der Waals surface area contributed by atoms with Crippen molar-refractivity contribution < 1.29 is 17.9 Å². The molecule has 6 nitrogen and oxygen atoms in total. The van der Waals surface area contributed by atoms with E-state index in [0.717, 1.165) is 6.26 Å². The maximum atomic E-state index is 11.2. The molecule has 0 saturated heterocycles. The van der Waals surface area contributed by atoms with Crippen molar-refractivity contribution in [2.24, 2.45) is 5.92 Å². The minimum Gasteiger partial charge on any atom is -0.469 e. The molecule has 0 amide bonds. The second-order valence-electron chi connectivity index (χ2n) is 4.07. The summed E-state index contributed by atoms with van der Waals surface area (Å²) in [4.78, 5) is 11.2. The van der Waals surface area contributed by atoms with E-state index in [9.17, 15) is 13.2 Å². The fourth-order valence-electron chi connectivity index (χ4n) is 1.24. The topological polar surface area (TPSA) is 84.5 Å². The summed E-state index contributed by atoms with van der Waals surface area (Å²) in [5.74, 6) is -0.470. The van der Waals surface area contributed by atoms with E-state index >= 15 is 0 Å². The molecule has 0 saturated carbocycles. The molecule has 17 heavy (non-hydrogen) atoms. The number of methoxy groups -OCH3 is 1. The summed E-state index contributed by atoms with van der Waals surface area (Å²) in [6.07, 6.45) is 1.80. The maximum Gasteiger partial charge on any atom is 0.309 e. The number of carbonyl (C=O) groups excluding carboxylic acids is 1. The normalized spacial score (nSPS) is 15.3. The van der Waals surface area contributed by atoms with Crippen LogP contribution in [0.2, 0.25) is 0 Å². The van der Waals surface area contributed by atoms with E-state index in [1.165, 1.54) is 7.11 Å². The van der Waals surface area contributed by atoms with Crippen molar-refractivity contribution in [3.8, 4) is 0 Å². The summed E-state index contributed by atoms with van der Waals surface area (Å²) < 4.78 is 28.6. The molecule has 0 bridgehead atoms. The Hall–Kier alpha value is -0.660. The van der Waals surface area contributed by atoms with Gasteiger partial charge in [-0.25, -0.2) is 13.1 Å². The second-order valence-corrected chi connectivity index (χ2v) is 5.91. The van der Waals surface area contributed by atoms with Gasteiger partial charge in [0.15, 0.2) is 0 Å². The number of rotatable bonds is 8. The first-order chi connectivity index (χ1) is 7.78. The molecule has 0 aromatic carbocycles. The zero-order valence-corrected chi connectivity index (χ0v) is 11.6. The molecule has 2 N–H and O–H groups in total. The van der Waals surface area contributed by atoms with Crippen LogP contribution in [0.3, 0.4) is 0 Å². The fraction of sp³-hybridized carbons (Fsp3) is 0.900. The Morgan fingerprint density at radius 2 is 1.88 bits per heavy atom. The average molecular weight is 266 g/mol. The van der Waals surface area contributed by atoms with Crippen LogP contribution in [-0.2, 0) is 19.6 Å². The van der Waals surface area contributed by atoms with Crippen LogP contribution in [0.25, 0.3) is 0 Å². The third-order valence-electron chi connectivity index (χ3n) is 2.51. The molecule has 0 aliphatic rings. The first-order valence-corrected chi connectivity index (χ1v) is 7.43. The molecule has 0 aliphatic heterocycles. The van der Waals surface area contributed by atoms with Crippen molar-refractivity contribution in [3.05, 3.63) is 0 Å². The lowest BCUT2D eigenvalue weighted by Gasteiger charge is -2.19. The summed E-state index contributed by atoms with van der Waals surface area (Å²) in [5, 5.41) is 3.15. The van der Waals surface area contributed by atoms with E-state index in [1.807, 2.05) is 6.92 Å². The number of sulfonamides is 1. The molecule has 0 heterocycles. The van der Waals surface area contributed by atoms with Gasteiger partial charge >= 0.3 is 5.97 Å². The van der Waals surface area contributed by atoms with Gasteiger partial charge in [-0.2, -0.15) is 0 Å². The van der Waals surface area contributed by atoms with Crippen molar-refractivity contribution >= 4 is 16.0 Å². The lowest BCUT2D eigenvalue weighted by atomic mass is 10.0. The van der Waals surface area contributed by atoms with Crippen LogP contribution in [-0.4, -0.2) is 46.9 Å². The van der Waals surface area contributed by atoms with Gasteiger partial charge in [0.05, 0.1) is 19.3 Å². The molecule has 0 fully saturated rings. The SMILES string of the molecule is COC(=O)C(C)C(C)NCCCNS(C)(=O)=O. The van der Waals surface area contributed by atoms with E-state index in [-0.39, 0.29) is 17.9 Å². The van der Waals surface area contributed by atoms with Gasteiger partial charge in [0.1, 0.15) is 0 Å². The van der Waals surface area contributed by atoms with Gasteiger partial charge in [-0.05, 0) is 19.9 Å². The molecular formula is C10H22N2O4S. The molecular weight excluding hydrogens is 244 g/mol. The van der Waals surface area contributed by atoms with Crippen molar-refractivity contribution in [1.82, 2.24) is 10.0 Å². The Bertz CT molecular complexity index is 329. The summed E-state index contributed by atoms with van der Waals surface area (Å²) in [5.41, 5.74) is 0. The number of ether oxygens (including phenoxy) is 1. The minimum absolute atomic E-state index is 0.000633. The molecule has 0 radical (unpaired) electrons. The Morgan fingerprint density at radius 3 is 2.35 bits per heavy atom. The highest BCUT2D eigenvalue weighted by Crippen LogP contribution is 2.04. The molecule has 0 spiro atoms. The quantitative estimate of drug-likeness (QED) is 0.466. The first kappa shape index (κ1) is 16.3. The average Bonchev–Trinajstić information content (AvgIpc) is 2.24. The van der Waals surface area contributed by atoms with Gasteiger partial charge in [-0.15, -0.1) is 0 Å². The van der Waals surface area contributed by atoms with Crippen LogP contribution in [0.15, 0.2) is 0 Å². The Kier molecular flexibility index (Phi) is 7.33. The summed E-state index contributed by atoms with van der Waals surface area (Å²) in [7, 11) is -1.75. The van der Waals surface area contributed by atoms with E-state index in [4.69, 9.17) is 0 Å². The summed E-state index contributed by atoms with van der Waals surface area (Å²) in [6.45, 7) is 4.72. The monoisotopic (exact) mass is 266 g/mol. The van der Waals surface area contributed by atoms with Crippen molar-refractivity contribution in [2.45, 2.75) is 26.3 Å². The van der Waals surface area contributed by atoms with Crippen LogP contribution >= 0.6 is 0 Å². The molecule has 2 atom stereocenters. The van der Waals surface area contributed by atoms with Gasteiger partial charge in [0.2, 0.25) is 10.0 Å². The molecule has 102 valence electrons. The zero-order chi connectivity index (χ0) is 13.5. The molecule has 0 aromatic heterocycles. The highest BCUT2D eigenvalue weighted by Gasteiger charge is 2.19. The van der Waals surface area contributed by atoms with Gasteiger partial charge in [-0.3, -0.25) is 4.79 Å². The van der Waals surface area contributed by atoms with Crippen LogP contribution < -0.4 is 10.0 Å². The Labute approximate surface area is 103 Å². The molecule has 0 aromatic rings. The largest absolute Gasteiger partial charge is 0.469 e. The third-order valence-corrected chi connectivity index (χ3v) is 3.24. The van der Waals surface area contributed by atoms with E-state index < -0.39 is 10.0 Å². The van der Waals surface area contributed by atoms with Gasteiger partial charge in [0, 0.05) is 12.6 Å². The van der Waals surface area contributed by atoms with E-state index in [0.29, 0.717) is 19.5 Å². The molecule has 2 unspecified atom stereocenters. The lowest BCUT2D eigenvalue weighted by Crippen LogP contribution is -2.38. The van der Waals surface area contributed by atoms with Crippen molar-refractivity contribution in [2.75, 3.05) is 26.5 Å². The smallest absolute Gasteiger partial charge is 0.309 e. The number of esters is 1. The predicted molar refractivity (Wildman–Crippen MR) is 66.1 cm³/mol. The maximum absolute atomic E-state index is 11.2. The Balaban J connectivity index is 3.72. The fourth-order valence-corrected chi connectivity index (χ4v) is 1.76. The Morgan fingerprint density at radius 1 is 1.29 bits per heavy atom. The number of hydrogen-bond donors (Lipinski definition) is 2. The van der Waals surface area contributed by atoms with E-state index in [2.05, 4.69) is 14.8 Å². The van der Waals surface area contributed by atoms with Crippen LogP contribution in [0.4, 0.5) is 0 Å². The van der Waals surface area contributed by atoms with Crippen molar-refractivity contribution in [3.63, 3.8) is 0 Å². The van der Waals surface area contributed by atoms with Crippen molar-refractivity contribution in [1.29, 1.82) is 0 Å². The van der Waals surface area contributed by atoms with Crippen LogP contribution in [0, 0.1) is 5.92 Å². The second kappa shape index (κ2) is 7.62. The number of hydrogen-bond acceptors (Lipinski definition) is 5. The minimum atomic E-state index is -3.11. The lowest BCUT2D eigenvalue weighted by molar-refractivity contribution is -0.145. The molecule has 0 rings (SSSR count).